The molecule has 1 aromatic heterocycles. The van der Waals surface area contributed by atoms with E-state index < -0.39 is 0 Å². The molecule has 1 aliphatic rings. The number of hydrogen-bond donors (Lipinski definition) is 1. The first-order valence-electron chi connectivity index (χ1n) is 6.77. The molecule has 0 amide bonds. The molecular formula is C16H16N2O2. The SMILES string of the molecule is CCOC(=O)c1[nH]nc2c1C=CC(c1ccccc1)C2. The Morgan fingerprint density at radius 3 is 2.95 bits per heavy atom. The van der Waals surface area contributed by atoms with Gasteiger partial charge >= 0.3 is 5.97 Å². The van der Waals surface area contributed by atoms with Gasteiger partial charge in [-0.25, -0.2) is 4.79 Å². The van der Waals surface area contributed by atoms with E-state index in [0.717, 1.165) is 17.7 Å². The van der Waals surface area contributed by atoms with Crippen molar-refractivity contribution in [3.63, 3.8) is 0 Å². The van der Waals surface area contributed by atoms with Gasteiger partial charge in [0, 0.05) is 17.9 Å². The molecule has 1 aromatic carbocycles. The summed E-state index contributed by atoms with van der Waals surface area (Å²) in [5.74, 6) is -0.0360. The van der Waals surface area contributed by atoms with E-state index in [0.29, 0.717) is 18.2 Å². The number of carbonyl (C=O) groups excluding carboxylic acids is 1. The summed E-state index contributed by atoms with van der Waals surface area (Å²) in [5.41, 5.74) is 3.49. The summed E-state index contributed by atoms with van der Waals surface area (Å²) >= 11 is 0. The van der Waals surface area contributed by atoms with Gasteiger partial charge in [0.1, 0.15) is 0 Å². The summed E-state index contributed by atoms with van der Waals surface area (Å²) in [4.78, 5) is 11.8. The van der Waals surface area contributed by atoms with Crippen LogP contribution >= 0.6 is 0 Å². The van der Waals surface area contributed by atoms with Gasteiger partial charge in [0.15, 0.2) is 5.69 Å². The monoisotopic (exact) mass is 268 g/mol. The lowest BCUT2D eigenvalue weighted by Gasteiger charge is -2.16. The lowest BCUT2D eigenvalue weighted by molar-refractivity contribution is 0.0519. The van der Waals surface area contributed by atoms with Crippen LogP contribution in [0.4, 0.5) is 0 Å². The Hall–Kier alpha value is -2.36. The molecule has 0 bridgehead atoms. The minimum Gasteiger partial charge on any atom is -0.461 e. The van der Waals surface area contributed by atoms with Crippen LogP contribution in [0, 0.1) is 0 Å². The molecule has 0 aliphatic heterocycles. The molecule has 0 spiro atoms. The van der Waals surface area contributed by atoms with Gasteiger partial charge in [0.2, 0.25) is 0 Å². The van der Waals surface area contributed by atoms with Crippen LogP contribution in [0.25, 0.3) is 6.08 Å². The summed E-state index contributed by atoms with van der Waals surface area (Å²) in [6.45, 7) is 2.16. The van der Waals surface area contributed by atoms with Crippen LogP contribution in [-0.2, 0) is 11.2 Å². The second-order valence-corrected chi connectivity index (χ2v) is 4.76. The third-order valence-corrected chi connectivity index (χ3v) is 3.50. The Bertz CT molecular complexity index is 644. The zero-order valence-electron chi connectivity index (χ0n) is 11.3. The standard InChI is InChI=1S/C16H16N2O2/c1-2-20-16(19)15-13-9-8-12(10-14(13)17-18-15)11-6-4-3-5-7-11/h3-9,12H,2,10H2,1H3,(H,17,18). The zero-order valence-corrected chi connectivity index (χ0v) is 11.3. The maximum absolute atomic E-state index is 11.8. The Morgan fingerprint density at radius 2 is 2.20 bits per heavy atom. The number of esters is 1. The highest BCUT2D eigenvalue weighted by molar-refractivity contribution is 5.92. The number of benzene rings is 1. The first kappa shape index (κ1) is 12.7. The largest absolute Gasteiger partial charge is 0.461 e. The molecule has 102 valence electrons. The number of aromatic amines is 1. The number of rotatable bonds is 3. The molecule has 3 rings (SSSR count). The third-order valence-electron chi connectivity index (χ3n) is 3.50. The highest BCUT2D eigenvalue weighted by atomic mass is 16.5. The molecule has 1 heterocycles. The molecule has 1 unspecified atom stereocenters. The normalized spacial score (nSPS) is 16.8. The van der Waals surface area contributed by atoms with Crippen molar-refractivity contribution in [3.05, 3.63) is 58.9 Å². The zero-order chi connectivity index (χ0) is 13.9. The molecule has 1 N–H and O–H groups in total. The molecule has 1 atom stereocenters. The van der Waals surface area contributed by atoms with E-state index in [2.05, 4.69) is 28.4 Å². The molecule has 4 nitrogen and oxygen atoms in total. The van der Waals surface area contributed by atoms with Gasteiger partial charge in [0.05, 0.1) is 12.3 Å². The fraction of sp³-hybridized carbons (Fsp3) is 0.250. The van der Waals surface area contributed by atoms with Crippen molar-refractivity contribution in [2.45, 2.75) is 19.3 Å². The highest BCUT2D eigenvalue weighted by Gasteiger charge is 2.24. The number of nitrogens with one attached hydrogen (secondary N) is 1. The van der Waals surface area contributed by atoms with E-state index in [1.165, 1.54) is 5.56 Å². The van der Waals surface area contributed by atoms with Crippen molar-refractivity contribution >= 4 is 12.0 Å². The minimum atomic E-state index is -0.343. The van der Waals surface area contributed by atoms with Crippen LogP contribution in [-0.4, -0.2) is 22.8 Å². The minimum absolute atomic E-state index is 0.307. The Morgan fingerprint density at radius 1 is 1.40 bits per heavy atom. The van der Waals surface area contributed by atoms with Crippen LogP contribution in [0.5, 0.6) is 0 Å². The second kappa shape index (κ2) is 5.33. The van der Waals surface area contributed by atoms with E-state index in [1.54, 1.807) is 6.92 Å². The summed E-state index contributed by atoms with van der Waals surface area (Å²) in [5, 5.41) is 7.06. The van der Waals surface area contributed by atoms with E-state index in [1.807, 2.05) is 24.3 Å². The maximum atomic E-state index is 11.8. The molecule has 4 heteroatoms. The number of ether oxygens (including phenoxy) is 1. The third kappa shape index (κ3) is 2.25. The van der Waals surface area contributed by atoms with Gasteiger partial charge in [-0.05, 0) is 12.5 Å². The molecule has 0 saturated heterocycles. The topological polar surface area (TPSA) is 55.0 Å². The van der Waals surface area contributed by atoms with Crippen molar-refractivity contribution in [3.8, 4) is 0 Å². The lowest BCUT2D eigenvalue weighted by Crippen LogP contribution is -2.09. The molecule has 1 aliphatic carbocycles. The van der Waals surface area contributed by atoms with Gasteiger partial charge < -0.3 is 4.74 Å². The van der Waals surface area contributed by atoms with Crippen LogP contribution in [0.15, 0.2) is 36.4 Å². The van der Waals surface area contributed by atoms with Crippen molar-refractivity contribution < 1.29 is 9.53 Å². The average Bonchev–Trinajstić information content (AvgIpc) is 2.91. The second-order valence-electron chi connectivity index (χ2n) is 4.76. The van der Waals surface area contributed by atoms with Crippen LogP contribution in [0.3, 0.4) is 0 Å². The van der Waals surface area contributed by atoms with Crippen molar-refractivity contribution in [2.75, 3.05) is 6.61 Å². The predicted octanol–water partition coefficient (Wildman–Crippen LogP) is 2.94. The Kier molecular flexibility index (Phi) is 3.37. The molecule has 20 heavy (non-hydrogen) atoms. The number of nitrogens with zero attached hydrogens (tertiary/aromatic N) is 1. The Labute approximate surface area is 117 Å². The highest BCUT2D eigenvalue weighted by Crippen LogP contribution is 2.30. The number of carbonyl (C=O) groups is 1. The lowest BCUT2D eigenvalue weighted by atomic mass is 9.88. The summed E-state index contributed by atoms with van der Waals surface area (Å²) < 4.78 is 5.02. The fourth-order valence-electron chi connectivity index (χ4n) is 2.50. The molecule has 0 radical (unpaired) electrons. The van der Waals surface area contributed by atoms with Gasteiger partial charge in [-0.3, -0.25) is 5.10 Å². The van der Waals surface area contributed by atoms with E-state index in [9.17, 15) is 4.79 Å². The van der Waals surface area contributed by atoms with Gasteiger partial charge in [-0.15, -0.1) is 0 Å². The molecular weight excluding hydrogens is 252 g/mol. The fourth-order valence-corrected chi connectivity index (χ4v) is 2.50. The van der Waals surface area contributed by atoms with E-state index in [-0.39, 0.29) is 5.97 Å². The first-order valence-corrected chi connectivity index (χ1v) is 6.77. The van der Waals surface area contributed by atoms with Gasteiger partial charge in [0.25, 0.3) is 0 Å². The van der Waals surface area contributed by atoms with E-state index in [4.69, 9.17) is 4.74 Å². The van der Waals surface area contributed by atoms with Crippen molar-refractivity contribution in [1.29, 1.82) is 0 Å². The number of aromatic nitrogens is 2. The average molecular weight is 268 g/mol. The molecule has 0 saturated carbocycles. The number of fused-ring (bicyclic) bond motifs is 1. The van der Waals surface area contributed by atoms with Gasteiger partial charge in [-0.2, -0.15) is 5.10 Å². The number of hydrogen-bond acceptors (Lipinski definition) is 3. The van der Waals surface area contributed by atoms with Crippen molar-refractivity contribution in [2.24, 2.45) is 0 Å². The summed E-state index contributed by atoms with van der Waals surface area (Å²) in [6, 6.07) is 10.3. The summed E-state index contributed by atoms with van der Waals surface area (Å²) in [6.07, 6.45) is 4.88. The van der Waals surface area contributed by atoms with Crippen molar-refractivity contribution in [1.82, 2.24) is 10.2 Å². The smallest absolute Gasteiger partial charge is 0.356 e. The maximum Gasteiger partial charge on any atom is 0.356 e. The van der Waals surface area contributed by atoms with Crippen LogP contribution in [0.1, 0.15) is 40.2 Å². The summed E-state index contributed by atoms with van der Waals surface area (Å²) in [7, 11) is 0. The quantitative estimate of drug-likeness (QED) is 0.871. The molecule has 0 fully saturated rings. The molecule has 2 aromatic rings. The Balaban J connectivity index is 1.87. The van der Waals surface area contributed by atoms with E-state index >= 15 is 0 Å². The number of allylic oxidation sites excluding steroid dienone is 1. The first-order chi connectivity index (χ1) is 9.79. The van der Waals surface area contributed by atoms with Crippen LogP contribution in [0.2, 0.25) is 0 Å². The number of H-pyrrole nitrogens is 1. The van der Waals surface area contributed by atoms with Crippen LogP contribution < -0.4 is 0 Å². The van der Waals surface area contributed by atoms with Gasteiger partial charge in [-0.1, -0.05) is 42.5 Å². The predicted molar refractivity (Wildman–Crippen MR) is 76.5 cm³/mol.